The lowest BCUT2D eigenvalue weighted by atomic mass is 9.89. The summed E-state index contributed by atoms with van der Waals surface area (Å²) >= 11 is 0. The lowest BCUT2D eigenvalue weighted by Crippen LogP contribution is -2.38. The van der Waals surface area contributed by atoms with Gasteiger partial charge in [0.2, 0.25) is 5.89 Å². The molecule has 0 fully saturated rings. The fourth-order valence-corrected chi connectivity index (χ4v) is 3.40. The number of aryl methyl sites for hydroxylation is 2. The fraction of sp³-hybridized carbons (Fsp3) is 0.545. The largest absolute Gasteiger partial charge is 0.443 e. The minimum atomic E-state index is -0.0356. The van der Waals surface area contributed by atoms with Gasteiger partial charge in [0.1, 0.15) is 5.76 Å². The molecule has 2 aromatic rings. The molecule has 6 heteroatoms. The number of nitrogens with zero attached hydrogens (tertiary/aromatic N) is 2. The SMILES string of the molecule is CN=C(NCc1ncc(C(C)(C)C)o1)NC(C)c1ccc2c(c1)CCCC2.I. The highest BCUT2D eigenvalue weighted by molar-refractivity contribution is 14.0. The van der Waals surface area contributed by atoms with E-state index in [0.717, 1.165) is 11.7 Å². The highest BCUT2D eigenvalue weighted by atomic mass is 127. The molecule has 0 spiro atoms. The van der Waals surface area contributed by atoms with Crippen LogP contribution in [0.3, 0.4) is 0 Å². The van der Waals surface area contributed by atoms with Gasteiger partial charge in [-0.3, -0.25) is 4.99 Å². The molecule has 3 rings (SSSR count). The zero-order valence-electron chi connectivity index (χ0n) is 17.6. The van der Waals surface area contributed by atoms with Gasteiger partial charge in [-0.25, -0.2) is 4.98 Å². The standard InChI is InChI=1S/C22H32N4O.HI/c1-15(17-11-10-16-8-6-7-9-18(16)12-17)26-21(23-5)25-14-20-24-13-19(27-20)22(2,3)4;/h10-13,15H,6-9,14H2,1-5H3,(H2,23,25,26);1H. The third-order valence-corrected chi connectivity index (χ3v) is 5.15. The van der Waals surface area contributed by atoms with E-state index in [1.54, 1.807) is 7.05 Å². The Balaban J connectivity index is 0.00000280. The summed E-state index contributed by atoms with van der Waals surface area (Å²) in [6.07, 6.45) is 6.84. The number of rotatable bonds is 4. The van der Waals surface area contributed by atoms with Crippen LogP contribution in [0, 0.1) is 0 Å². The van der Waals surface area contributed by atoms with Crippen LogP contribution < -0.4 is 10.6 Å². The van der Waals surface area contributed by atoms with Crippen molar-refractivity contribution in [3.63, 3.8) is 0 Å². The quantitative estimate of drug-likeness (QED) is 0.359. The van der Waals surface area contributed by atoms with Gasteiger partial charge < -0.3 is 15.1 Å². The lowest BCUT2D eigenvalue weighted by molar-refractivity contribution is 0.379. The van der Waals surface area contributed by atoms with E-state index in [1.165, 1.54) is 42.4 Å². The van der Waals surface area contributed by atoms with Gasteiger partial charge in [0.25, 0.3) is 0 Å². The van der Waals surface area contributed by atoms with Crippen LogP contribution in [-0.4, -0.2) is 18.0 Å². The summed E-state index contributed by atoms with van der Waals surface area (Å²) in [5.41, 5.74) is 4.28. The van der Waals surface area contributed by atoms with Crippen molar-refractivity contribution in [1.82, 2.24) is 15.6 Å². The van der Waals surface area contributed by atoms with Crippen molar-refractivity contribution in [2.24, 2.45) is 4.99 Å². The van der Waals surface area contributed by atoms with Crippen LogP contribution in [0.25, 0.3) is 0 Å². The molecular weight excluding hydrogens is 463 g/mol. The smallest absolute Gasteiger partial charge is 0.213 e. The Kier molecular flexibility index (Phi) is 7.92. The van der Waals surface area contributed by atoms with Gasteiger partial charge in [0.05, 0.1) is 18.8 Å². The molecule has 0 radical (unpaired) electrons. The van der Waals surface area contributed by atoms with Crippen molar-refractivity contribution in [3.8, 4) is 0 Å². The Morgan fingerprint density at radius 1 is 1.21 bits per heavy atom. The number of fused-ring (bicyclic) bond motifs is 1. The number of oxazole rings is 1. The Hall–Kier alpha value is -1.57. The van der Waals surface area contributed by atoms with Gasteiger partial charge >= 0.3 is 0 Å². The lowest BCUT2D eigenvalue weighted by Gasteiger charge is -2.21. The van der Waals surface area contributed by atoms with Crippen LogP contribution in [0.4, 0.5) is 0 Å². The highest BCUT2D eigenvalue weighted by Crippen LogP contribution is 2.25. The second kappa shape index (κ2) is 9.76. The topological polar surface area (TPSA) is 62.5 Å². The number of halogens is 1. The maximum absolute atomic E-state index is 5.84. The maximum atomic E-state index is 5.84. The first kappa shape index (κ1) is 22.7. The molecule has 0 aliphatic heterocycles. The van der Waals surface area contributed by atoms with E-state index in [0.29, 0.717) is 12.4 Å². The van der Waals surface area contributed by atoms with Crippen LogP contribution in [-0.2, 0) is 24.8 Å². The first-order chi connectivity index (χ1) is 12.9. The monoisotopic (exact) mass is 496 g/mol. The molecule has 1 aromatic heterocycles. The Morgan fingerprint density at radius 2 is 1.93 bits per heavy atom. The molecule has 1 aliphatic carbocycles. The number of aromatic nitrogens is 1. The second-order valence-electron chi connectivity index (χ2n) is 8.40. The Bertz CT molecular complexity index is 807. The molecule has 154 valence electrons. The Morgan fingerprint density at radius 3 is 2.57 bits per heavy atom. The van der Waals surface area contributed by atoms with Crippen LogP contribution in [0.1, 0.15) is 74.9 Å². The minimum absolute atomic E-state index is 0. The van der Waals surface area contributed by atoms with Gasteiger partial charge in [0, 0.05) is 12.5 Å². The number of hydrogen-bond donors (Lipinski definition) is 2. The van der Waals surface area contributed by atoms with E-state index in [9.17, 15) is 0 Å². The van der Waals surface area contributed by atoms with Crippen LogP contribution in [0.2, 0.25) is 0 Å². The van der Waals surface area contributed by atoms with Crippen molar-refractivity contribution in [2.45, 2.75) is 71.4 Å². The molecule has 0 saturated carbocycles. The van der Waals surface area contributed by atoms with E-state index in [2.05, 4.69) is 66.5 Å². The fourth-order valence-electron chi connectivity index (χ4n) is 3.40. The van der Waals surface area contributed by atoms with E-state index in [4.69, 9.17) is 4.42 Å². The second-order valence-corrected chi connectivity index (χ2v) is 8.40. The number of hydrogen-bond acceptors (Lipinski definition) is 3. The molecule has 1 heterocycles. The maximum Gasteiger partial charge on any atom is 0.213 e. The van der Waals surface area contributed by atoms with E-state index in [1.807, 2.05) is 6.20 Å². The molecule has 28 heavy (non-hydrogen) atoms. The summed E-state index contributed by atoms with van der Waals surface area (Å²) < 4.78 is 5.84. The van der Waals surface area contributed by atoms with Crippen LogP contribution in [0.5, 0.6) is 0 Å². The third kappa shape index (κ3) is 5.72. The molecule has 1 aromatic carbocycles. The summed E-state index contributed by atoms with van der Waals surface area (Å²) in [4.78, 5) is 8.70. The molecule has 5 nitrogen and oxygen atoms in total. The summed E-state index contributed by atoms with van der Waals surface area (Å²) in [6, 6.07) is 7.05. The van der Waals surface area contributed by atoms with E-state index >= 15 is 0 Å². The normalized spacial score (nSPS) is 15.4. The van der Waals surface area contributed by atoms with Crippen molar-refractivity contribution in [3.05, 3.63) is 52.7 Å². The van der Waals surface area contributed by atoms with Gasteiger partial charge in [-0.05, 0) is 49.3 Å². The van der Waals surface area contributed by atoms with Gasteiger partial charge in [0.15, 0.2) is 5.96 Å². The van der Waals surface area contributed by atoms with Crippen LogP contribution in [0.15, 0.2) is 33.8 Å². The first-order valence-electron chi connectivity index (χ1n) is 9.91. The van der Waals surface area contributed by atoms with Gasteiger partial charge in [-0.2, -0.15) is 0 Å². The van der Waals surface area contributed by atoms with Crippen LogP contribution >= 0.6 is 24.0 Å². The number of nitrogens with one attached hydrogen (secondary N) is 2. The molecule has 1 atom stereocenters. The summed E-state index contributed by atoms with van der Waals surface area (Å²) in [5.74, 6) is 2.31. The minimum Gasteiger partial charge on any atom is -0.443 e. The third-order valence-electron chi connectivity index (χ3n) is 5.15. The molecule has 1 aliphatic rings. The summed E-state index contributed by atoms with van der Waals surface area (Å²) in [6.45, 7) is 9.02. The highest BCUT2D eigenvalue weighted by Gasteiger charge is 2.19. The van der Waals surface area contributed by atoms with Crippen molar-refractivity contribution < 1.29 is 4.42 Å². The predicted molar refractivity (Wildman–Crippen MR) is 125 cm³/mol. The zero-order chi connectivity index (χ0) is 19.4. The molecule has 2 N–H and O–H groups in total. The van der Waals surface area contributed by atoms with E-state index in [-0.39, 0.29) is 35.4 Å². The van der Waals surface area contributed by atoms with Gasteiger partial charge in [-0.15, -0.1) is 24.0 Å². The van der Waals surface area contributed by atoms with Crippen molar-refractivity contribution >= 4 is 29.9 Å². The Labute approximate surface area is 185 Å². The summed E-state index contributed by atoms with van der Waals surface area (Å²) in [5, 5.41) is 6.76. The number of aliphatic imine (C=N–C) groups is 1. The van der Waals surface area contributed by atoms with Gasteiger partial charge in [-0.1, -0.05) is 39.0 Å². The number of guanidine groups is 1. The van der Waals surface area contributed by atoms with E-state index < -0.39 is 0 Å². The average molecular weight is 496 g/mol. The molecule has 1 unspecified atom stereocenters. The van der Waals surface area contributed by atoms with Crippen molar-refractivity contribution in [2.75, 3.05) is 7.05 Å². The first-order valence-corrected chi connectivity index (χ1v) is 9.91. The zero-order valence-corrected chi connectivity index (χ0v) is 20.0. The van der Waals surface area contributed by atoms with Crippen molar-refractivity contribution in [1.29, 1.82) is 0 Å². The predicted octanol–water partition coefficient (Wildman–Crippen LogP) is 4.90. The molecular formula is C22H33IN4O. The number of benzene rings is 1. The molecule has 0 bridgehead atoms. The average Bonchev–Trinajstić information content (AvgIpc) is 3.14. The summed E-state index contributed by atoms with van der Waals surface area (Å²) in [7, 11) is 1.78. The molecule has 0 amide bonds. The molecule has 0 saturated heterocycles.